The quantitative estimate of drug-likeness (QED) is 0.623. The van der Waals surface area contributed by atoms with Crippen LogP contribution in [0.25, 0.3) is 11.4 Å². The minimum atomic E-state index is -0.248. The number of hydrogen-bond acceptors (Lipinski definition) is 5. The van der Waals surface area contributed by atoms with E-state index in [4.69, 9.17) is 4.74 Å². The summed E-state index contributed by atoms with van der Waals surface area (Å²) < 4.78 is 6.08. The summed E-state index contributed by atoms with van der Waals surface area (Å²) in [5.74, 6) is 0.977. The van der Waals surface area contributed by atoms with Gasteiger partial charge in [-0.3, -0.25) is 9.89 Å². The first-order chi connectivity index (χ1) is 10.0. The first kappa shape index (κ1) is 16.0. The van der Waals surface area contributed by atoms with Crippen LogP contribution in [0.5, 0.6) is 0 Å². The van der Waals surface area contributed by atoms with Crippen molar-refractivity contribution in [3.63, 3.8) is 0 Å². The van der Waals surface area contributed by atoms with Crippen molar-refractivity contribution in [2.24, 2.45) is 5.92 Å². The zero-order chi connectivity index (χ0) is 15.2. The molecule has 112 valence electrons. The molecule has 2 rings (SSSR count). The van der Waals surface area contributed by atoms with Crippen molar-refractivity contribution < 1.29 is 9.53 Å². The lowest BCUT2D eigenvalue weighted by Gasteiger charge is -2.05. The zero-order valence-electron chi connectivity index (χ0n) is 11.8. The Bertz CT molecular complexity index is 616. The van der Waals surface area contributed by atoms with E-state index in [1.54, 1.807) is 0 Å². The maximum absolute atomic E-state index is 11.5. The molecule has 0 atom stereocenters. The van der Waals surface area contributed by atoms with Crippen molar-refractivity contribution in [2.45, 2.75) is 19.0 Å². The molecular formula is C14H16BrN3O2S. The van der Waals surface area contributed by atoms with Gasteiger partial charge in [-0.15, -0.1) is 5.10 Å². The summed E-state index contributed by atoms with van der Waals surface area (Å²) in [6, 6.07) is 7.76. The van der Waals surface area contributed by atoms with Gasteiger partial charge < -0.3 is 4.74 Å². The summed E-state index contributed by atoms with van der Waals surface area (Å²) in [5.41, 5.74) is 0.936. The summed E-state index contributed by atoms with van der Waals surface area (Å²) in [6.07, 6.45) is 0. The predicted molar refractivity (Wildman–Crippen MR) is 86.0 cm³/mol. The predicted octanol–water partition coefficient (Wildman–Crippen LogP) is 3.53. The minimum absolute atomic E-state index is 0.211. The molecule has 0 radical (unpaired) electrons. The van der Waals surface area contributed by atoms with E-state index in [1.165, 1.54) is 11.8 Å². The lowest BCUT2D eigenvalue weighted by Crippen LogP contribution is -2.11. The van der Waals surface area contributed by atoms with Gasteiger partial charge in [0.25, 0.3) is 0 Å². The number of aromatic amines is 1. The Morgan fingerprint density at radius 2 is 2.29 bits per heavy atom. The second-order valence-electron chi connectivity index (χ2n) is 4.84. The molecule has 21 heavy (non-hydrogen) atoms. The number of rotatable bonds is 6. The molecule has 1 aromatic carbocycles. The van der Waals surface area contributed by atoms with Gasteiger partial charge in [0, 0.05) is 10.0 Å². The van der Waals surface area contributed by atoms with Crippen LogP contribution in [-0.2, 0) is 9.53 Å². The summed E-state index contributed by atoms with van der Waals surface area (Å²) >= 11 is 4.68. The third-order valence-electron chi connectivity index (χ3n) is 2.46. The number of halogens is 1. The van der Waals surface area contributed by atoms with E-state index < -0.39 is 0 Å². The number of carbonyl (C=O) groups is 1. The second kappa shape index (κ2) is 7.61. The molecule has 0 saturated heterocycles. The lowest BCUT2D eigenvalue weighted by molar-refractivity contribution is -0.141. The van der Waals surface area contributed by atoms with Gasteiger partial charge >= 0.3 is 5.97 Å². The molecule has 0 fully saturated rings. The first-order valence-electron chi connectivity index (χ1n) is 6.51. The van der Waals surface area contributed by atoms with Crippen molar-refractivity contribution in [3.05, 3.63) is 28.7 Å². The number of thioether (sulfide) groups is 1. The average Bonchev–Trinajstić information content (AvgIpc) is 2.92. The Morgan fingerprint density at radius 3 is 3.00 bits per heavy atom. The van der Waals surface area contributed by atoms with Crippen molar-refractivity contribution in [2.75, 3.05) is 12.4 Å². The Balaban J connectivity index is 1.90. The zero-order valence-corrected chi connectivity index (χ0v) is 14.2. The van der Waals surface area contributed by atoms with E-state index in [0.29, 0.717) is 23.5 Å². The number of esters is 1. The number of carbonyl (C=O) groups excluding carboxylic acids is 1. The van der Waals surface area contributed by atoms with Crippen LogP contribution in [0.3, 0.4) is 0 Å². The van der Waals surface area contributed by atoms with Crippen molar-refractivity contribution in [1.29, 1.82) is 0 Å². The maximum Gasteiger partial charge on any atom is 0.316 e. The topological polar surface area (TPSA) is 67.9 Å². The molecule has 1 aromatic heterocycles. The van der Waals surface area contributed by atoms with Gasteiger partial charge in [-0.1, -0.05) is 53.7 Å². The van der Waals surface area contributed by atoms with E-state index in [9.17, 15) is 4.79 Å². The first-order valence-corrected chi connectivity index (χ1v) is 8.29. The molecule has 5 nitrogen and oxygen atoms in total. The highest BCUT2D eigenvalue weighted by Crippen LogP contribution is 2.22. The maximum atomic E-state index is 11.5. The summed E-state index contributed by atoms with van der Waals surface area (Å²) in [6.45, 7) is 4.44. The van der Waals surface area contributed by atoms with Crippen LogP contribution >= 0.6 is 27.7 Å². The van der Waals surface area contributed by atoms with Crippen LogP contribution in [-0.4, -0.2) is 33.5 Å². The van der Waals surface area contributed by atoms with Gasteiger partial charge in [0.1, 0.15) is 0 Å². The van der Waals surface area contributed by atoms with Crippen molar-refractivity contribution >= 4 is 33.7 Å². The number of nitrogens with one attached hydrogen (secondary N) is 1. The van der Waals surface area contributed by atoms with Gasteiger partial charge in [0.15, 0.2) is 5.82 Å². The van der Waals surface area contributed by atoms with E-state index in [0.717, 1.165) is 10.0 Å². The number of aromatic nitrogens is 3. The number of ether oxygens (including phenoxy) is 1. The van der Waals surface area contributed by atoms with Gasteiger partial charge in [-0.25, -0.2) is 4.98 Å². The molecule has 0 unspecified atom stereocenters. The number of H-pyrrole nitrogens is 1. The van der Waals surface area contributed by atoms with Gasteiger partial charge in [-0.2, -0.15) is 0 Å². The molecule has 0 aliphatic carbocycles. The molecule has 0 aliphatic rings. The van der Waals surface area contributed by atoms with Crippen LogP contribution in [0.15, 0.2) is 33.9 Å². The molecule has 2 aromatic rings. The Kier molecular flexibility index (Phi) is 5.81. The molecular weight excluding hydrogens is 354 g/mol. The third-order valence-corrected chi connectivity index (χ3v) is 3.77. The monoisotopic (exact) mass is 369 g/mol. The molecule has 0 amide bonds. The van der Waals surface area contributed by atoms with Crippen LogP contribution in [0, 0.1) is 5.92 Å². The highest BCUT2D eigenvalue weighted by Gasteiger charge is 2.10. The average molecular weight is 370 g/mol. The summed E-state index contributed by atoms with van der Waals surface area (Å²) in [4.78, 5) is 15.9. The Labute approximate surface area is 136 Å². The Morgan fingerprint density at radius 1 is 1.48 bits per heavy atom. The largest absolute Gasteiger partial charge is 0.465 e. The molecule has 1 heterocycles. The fraction of sp³-hybridized carbons (Fsp3) is 0.357. The molecule has 0 bridgehead atoms. The smallest absolute Gasteiger partial charge is 0.316 e. The van der Waals surface area contributed by atoms with Gasteiger partial charge in [0.05, 0.1) is 12.4 Å². The highest BCUT2D eigenvalue weighted by molar-refractivity contribution is 9.10. The standard InChI is InChI=1S/C14H16BrN3O2S/c1-9(2)7-20-12(19)8-21-14-16-13(17-18-14)10-4-3-5-11(15)6-10/h3-6,9H,7-8H2,1-2H3,(H,16,17,18). The normalized spacial score (nSPS) is 10.9. The minimum Gasteiger partial charge on any atom is -0.465 e. The van der Waals surface area contributed by atoms with E-state index in [1.807, 2.05) is 38.1 Å². The van der Waals surface area contributed by atoms with Crippen LogP contribution in [0.4, 0.5) is 0 Å². The van der Waals surface area contributed by atoms with Gasteiger partial charge in [-0.05, 0) is 18.1 Å². The fourth-order valence-electron chi connectivity index (χ4n) is 1.50. The number of benzene rings is 1. The highest BCUT2D eigenvalue weighted by atomic mass is 79.9. The van der Waals surface area contributed by atoms with E-state index in [-0.39, 0.29) is 11.7 Å². The number of hydrogen-bond donors (Lipinski definition) is 1. The van der Waals surface area contributed by atoms with E-state index in [2.05, 4.69) is 31.1 Å². The Hall–Kier alpha value is -1.34. The molecule has 1 N–H and O–H groups in total. The third kappa shape index (κ3) is 5.17. The van der Waals surface area contributed by atoms with E-state index >= 15 is 0 Å². The van der Waals surface area contributed by atoms with Crippen LogP contribution < -0.4 is 0 Å². The second-order valence-corrected chi connectivity index (χ2v) is 6.70. The molecule has 0 aliphatic heterocycles. The SMILES string of the molecule is CC(C)COC(=O)CSc1n[nH]c(-c2cccc(Br)c2)n1. The van der Waals surface area contributed by atoms with Gasteiger partial charge in [0.2, 0.25) is 5.16 Å². The molecule has 0 spiro atoms. The van der Waals surface area contributed by atoms with Crippen molar-refractivity contribution in [3.8, 4) is 11.4 Å². The van der Waals surface area contributed by atoms with Crippen LogP contribution in [0.1, 0.15) is 13.8 Å². The summed E-state index contributed by atoms with van der Waals surface area (Å²) in [5, 5.41) is 7.50. The van der Waals surface area contributed by atoms with Crippen LogP contribution in [0.2, 0.25) is 0 Å². The fourth-order valence-corrected chi connectivity index (χ4v) is 2.50. The van der Waals surface area contributed by atoms with Crippen molar-refractivity contribution in [1.82, 2.24) is 15.2 Å². The number of nitrogens with zero attached hydrogens (tertiary/aromatic N) is 2. The molecule has 0 saturated carbocycles. The molecule has 7 heteroatoms. The summed E-state index contributed by atoms with van der Waals surface area (Å²) in [7, 11) is 0. The lowest BCUT2D eigenvalue weighted by atomic mass is 10.2.